The van der Waals surface area contributed by atoms with E-state index in [0.717, 1.165) is 6.08 Å². The predicted octanol–water partition coefficient (Wildman–Crippen LogP) is 1.24. The summed E-state index contributed by atoms with van der Waals surface area (Å²) in [6.45, 7) is 0. The molecule has 0 heterocycles. The average Bonchev–Trinajstić information content (AvgIpc) is 2.14. The molecular weight excluding hydrogens is 220 g/mol. The molecule has 0 aliphatic heterocycles. The summed E-state index contributed by atoms with van der Waals surface area (Å²) in [5, 5.41) is 9.24. The van der Waals surface area contributed by atoms with Crippen molar-refractivity contribution >= 4 is 22.2 Å². The maximum atomic E-state index is 10.6. The van der Waals surface area contributed by atoms with Crippen LogP contribution in [0.25, 0.3) is 6.08 Å². The van der Waals surface area contributed by atoms with Crippen LogP contribution in [-0.4, -0.2) is 24.0 Å². The van der Waals surface area contributed by atoms with E-state index in [4.69, 9.17) is 9.66 Å². The predicted molar refractivity (Wildman–Crippen MR) is 54.0 cm³/mol. The molecular formula is C9H8O5S. The van der Waals surface area contributed by atoms with Gasteiger partial charge in [0.05, 0.1) is 11.0 Å². The standard InChI is InChI=1S/C9H8O5S/c10-9(11)8-3-1-2-7(6-8)4-5-15(12,13)14/h1-6H,(H,10,11)(H,12,13,14). The second-order valence-electron chi connectivity index (χ2n) is 2.75. The van der Waals surface area contributed by atoms with E-state index in [1.165, 1.54) is 24.3 Å². The van der Waals surface area contributed by atoms with Gasteiger partial charge in [0, 0.05) is 0 Å². The largest absolute Gasteiger partial charge is 0.478 e. The molecule has 5 nitrogen and oxygen atoms in total. The summed E-state index contributed by atoms with van der Waals surface area (Å²) in [7, 11) is -4.18. The summed E-state index contributed by atoms with van der Waals surface area (Å²) in [5.41, 5.74) is 0.431. The second-order valence-corrected chi connectivity index (χ2v) is 4.05. The van der Waals surface area contributed by atoms with Gasteiger partial charge in [0.25, 0.3) is 10.1 Å². The van der Waals surface area contributed by atoms with Gasteiger partial charge < -0.3 is 5.11 Å². The molecule has 6 heteroatoms. The van der Waals surface area contributed by atoms with Crippen LogP contribution in [-0.2, 0) is 10.1 Å². The molecule has 0 bridgehead atoms. The minimum absolute atomic E-state index is 0.0486. The Bertz CT molecular complexity index is 501. The molecule has 0 aliphatic carbocycles. The highest BCUT2D eigenvalue weighted by Gasteiger charge is 2.02. The SMILES string of the molecule is O=C(O)c1cccc(C=CS(=O)(=O)O)c1. The molecule has 0 atom stereocenters. The first-order valence-electron chi connectivity index (χ1n) is 3.87. The van der Waals surface area contributed by atoms with E-state index in [1.807, 2.05) is 0 Å². The Balaban J connectivity index is 3.02. The average molecular weight is 228 g/mol. The lowest BCUT2D eigenvalue weighted by atomic mass is 10.1. The number of carboxylic acid groups (broad SMARTS) is 1. The van der Waals surface area contributed by atoms with E-state index in [-0.39, 0.29) is 5.56 Å². The fourth-order valence-electron chi connectivity index (χ4n) is 0.940. The number of benzene rings is 1. The summed E-state index contributed by atoms with van der Waals surface area (Å²) < 4.78 is 29.2. The van der Waals surface area contributed by atoms with Crippen LogP contribution in [0.3, 0.4) is 0 Å². The third-order valence-corrected chi connectivity index (χ3v) is 2.05. The Hall–Kier alpha value is -1.66. The van der Waals surface area contributed by atoms with Crippen LogP contribution < -0.4 is 0 Å². The first-order valence-corrected chi connectivity index (χ1v) is 5.38. The van der Waals surface area contributed by atoms with Crippen molar-refractivity contribution in [2.45, 2.75) is 0 Å². The van der Waals surface area contributed by atoms with Gasteiger partial charge >= 0.3 is 5.97 Å². The number of hydrogen-bond donors (Lipinski definition) is 2. The summed E-state index contributed by atoms with van der Waals surface area (Å²) >= 11 is 0. The van der Waals surface area contributed by atoms with Crippen LogP contribution >= 0.6 is 0 Å². The zero-order valence-electron chi connectivity index (χ0n) is 7.49. The number of aromatic carboxylic acids is 1. The molecule has 1 aromatic rings. The third kappa shape index (κ3) is 3.92. The zero-order chi connectivity index (χ0) is 11.5. The van der Waals surface area contributed by atoms with Crippen molar-refractivity contribution in [1.82, 2.24) is 0 Å². The molecule has 80 valence electrons. The Morgan fingerprint density at radius 3 is 2.53 bits per heavy atom. The quantitative estimate of drug-likeness (QED) is 0.759. The van der Waals surface area contributed by atoms with Crippen molar-refractivity contribution in [2.75, 3.05) is 0 Å². The second kappa shape index (κ2) is 4.24. The van der Waals surface area contributed by atoms with E-state index < -0.39 is 16.1 Å². The van der Waals surface area contributed by atoms with Gasteiger partial charge in [0.1, 0.15) is 0 Å². The van der Waals surface area contributed by atoms with E-state index in [0.29, 0.717) is 11.0 Å². The van der Waals surface area contributed by atoms with Gasteiger partial charge in [-0.25, -0.2) is 4.79 Å². The smallest absolute Gasteiger partial charge is 0.335 e. The van der Waals surface area contributed by atoms with Crippen LogP contribution in [0.2, 0.25) is 0 Å². The van der Waals surface area contributed by atoms with Crippen molar-refractivity contribution in [3.8, 4) is 0 Å². The molecule has 0 aliphatic rings. The van der Waals surface area contributed by atoms with Gasteiger partial charge in [0.15, 0.2) is 0 Å². The Morgan fingerprint density at radius 2 is 2.00 bits per heavy atom. The normalized spacial score (nSPS) is 11.8. The first-order chi connectivity index (χ1) is 6.88. The minimum Gasteiger partial charge on any atom is -0.478 e. The molecule has 0 unspecified atom stereocenters. The van der Waals surface area contributed by atoms with Gasteiger partial charge in [-0.1, -0.05) is 12.1 Å². The van der Waals surface area contributed by atoms with Crippen LogP contribution in [0.5, 0.6) is 0 Å². The molecule has 0 saturated carbocycles. The van der Waals surface area contributed by atoms with E-state index in [9.17, 15) is 13.2 Å². The van der Waals surface area contributed by atoms with Crippen LogP contribution in [0.4, 0.5) is 0 Å². The lowest BCUT2D eigenvalue weighted by Crippen LogP contribution is -1.95. The van der Waals surface area contributed by atoms with Crippen molar-refractivity contribution in [1.29, 1.82) is 0 Å². The molecule has 0 spiro atoms. The molecule has 15 heavy (non-hydrogen) atoms. The number of carboxylic acids is 1. The number of hydrogen-bond acceptors (Lipinski definition) is 3. The molecule has 2 N–H and O–H groups in total. The van der Waals surface area contributed by atoms with Gasteiger partial charge in [-0.3, -0.25) is 4.55 Å². The highest BCUT2D eigenvalue weighted by Crippen LogP contribution is 2.07. The van der Waals surface area contributed by atoms with E-state index >= 15 is 0 Å². The topological polar surface area (TPSA) is 91.7 Å². The number of carbonyl (C=O) groups is 1. The molecule has 0 aromatic heterocycles. The fraction of sp³-hybridized carbons (Fsp3) is 0. The van der Waals surface area contributed by atoms with E-state index in [1.54, 1.807) is 0 Å². The van der Waals surface area contributed by atoms with Gasteiger partial charge in [-0.2, -0.15) is 8.42 Å². The van der Waals surface area contributed by atoms with Crippen molar-refractivity contribution in [3.63, 3.8) is 0 Å². The van der Waals surface area contributed by atoms with Crippen molar-refractivity contribution < 1.29 is 22.9 Å². The molecule has 1 rings (SSSR count). The fourth-order valence-corrected chi connectivity index (χ4v) is 1.27. The van der Waals surface area contributed by atoms with Gasteiger partial charge in [-0.15, -0.1) is 0 Å². The van der Waals surface area contributed by atoms with Gasteiger partial charge in [-0.05, 0) is 23.8 Å². The van der Waals surface area contributed by atoms with Crippen LogP contribution in [0.1, 0.15) is 15.9 Å². The third-order valence-electron chi connectivity index (χ3n) is 1.57. The molecule has 1 aromatic carbocycles. The summed E-state index contributed by atoms with van der Waals surface area (Å²) in [5.74, 6) is -1.10. The zero-order valence-corrected chi connectivity index (χ0v) is 8.31. The number of rotatable bonds is 3. The Labute approximate surface area is 86.4 Å². The molecule has 0 saturated heterocycles. The van der Waals surface area contributed by atoms with Crippen LogP contribution in [0, 0.1) is 0 Å². The van der Waals surface area contributed by atoms with Gasteiger partial charge in [0.2, 0.25) is 0 Å². The Kier molecular flexibility index (Phi) is 3.23. The first kappa shape index (κ1) is 11.4. The summed E-state index contributed by atoms with van der Waals surface area (Å²) in [6.07, 6.45) is 1.11. The highest BCUT2D eigenvalue weighted by atomic mass is 32.2. The monoisotopic (exact) mass is 228 g/mol. The minimum atomic E-state index is -4.18. The van der Waals surface area contributed by atoms with Crippen molar-refractivity contribution in [3.05, 3.63) is 40.8 Å². The lowest BCUT2D eigenvalue weighted by molar-refractivity contribution is 0.0697. The van der Waals surface area contributed by atoms with Crippen molar-refractivity contribution in [2.24, 2.45) is 0 Å². The Morgan fingerprint density at radius 1 is 1.33 bits per heavy atom. The molecule has 0 radical (unpaired) electrons. The lowest BCUT2D eigenvalue weighted by Gasteiger charge is -1.95. The summed E-state index contributed by atoms with van der Waals surface area (Å²) in [4.78, 5) is 10.6. The van der Waals surface area contributed by atoms with Crippen LogP contribution in [0.15, 0.2) is 29.7 Å². The van der Waals surface area contributed by atoms with E-state index in [2.05, 4.69) is 0 Å². The maximum Gasteiger partial charge on any atom is 0.335 e. The molecule has 0 fully saturated rings. The summed E-state index contributed by atoms with van der Waals surface area (Å²) in [6, 6.07) is 5.68. The molecule has 0 amide bonds. The maximum absolute atomic E-state index is 10.6. The highest BCUT2D eigenvalue weighted by molar-refractivity contribution is 7.88.